The summed E-state index contributed by atoms with van der Waals surface area (Å²) < 4.78 is 31.1. The van der Waals surface area contributed by atoms with Gasteiger partial charge in [0.15, 0.2) is 5.96 Å². The molecule has 1 heterocycles. The van der Waals surface area contributed by atoms with E-state index in [0.717, 1.165) is 36.7 Å². The highest BCUT2D eigenvalue weighted by Crippen LogP contribution is 2.23. The number of alkyl halides is 2. The molecule has 0 radical (unpaired) electrons. The van der Waals surface area contributed by atoms with Crippen LogP contribution < -0.4 is 15.4 Å². The van der Waals surface area contributed by atoms with Gasteiger partial charge in [-0.25, -0.2) is 13.8 Å². The molecule has 166 valence electrons. The molecule has 0 amide bonds. The van der Waals surface area contributed by atoms with Crippen molar-refractivity contribution in [1.29, 1.82) is 0 Å². The Morgan fingerprint density at radius 3 is 2.48 bits per heavy atom. The van der Waals surface area contributed by atoms with Crippen molar-refractivity contribution in [3.8, 4) is 5.75 Å². The molecule has 8 heteroatoms. The first kappa shape index (κ1) is 25.9. The molecular formula is C21H35F2IN4O. The third-order valence-electron chi connectivity index (χ3n) is 4.47. The second-order valence-electron chi connectivity index (χ2n) is 8.13. The molecular weight excluding hydrogens is 489 g/mol. The third-order valence-corrected chi connectivity index (χ3v) is 4.47. The fourth-order valence-corrected chi connectivity index (χ4v) is 3.20. The van der Waals surface area contributed by atoms with Crippen molar-refractivity contribution in [3.05, 3.63) is 29.8 Å². The number of nitrogens with zero attached hydrogens (tertiary/aromatic N) is 2. The Kier molecular flexibility index (Phi) is 11.2. The molecule has 0 bridgehead atoms. The van der Waals surface area contributed by atoms with Crippen molar-refractivity contribution in [1.82, 2.24) is 15.5 Å². The Morgan fingerprint density at radius 1 is 1.24 bits per heavy atom. The van der Waals surface area contributed by atoms with E-state index in [2.05, 4.69) is 10.6 Å². The van der Waals surface area contributed by atoms with Crippen LogP contribution in [0.5, 0.6) is 5.75 Å². The molecule has 1 aliphatic rings. The summed E-state index contributed by atoms with van der Waals surface area (Å²) in [7, 11) is 0. The van der Waals surface area contributed by atoms with Gasteiger partial charge in [0, 0.05) is 31.2 Å². The minimum absolute atomic E-state index is 0. The number of aliphatic imine (C=N–C) groups is 1. The van der Waals surface area contributed by atoms with Gasteiger partial charge in [0.05, 0.1) is 13.1 Å². The molecule has 0 aromatic heterocycles. The number of hydrogen-bond acceptors (Lipinski definition) is 3. The summed E-state index contributed by atoms with van der Waals surface area (Å²) in [6.07, 6.45) is -0.597. The molecule has 5 nitrogen and oxygen atoms in total. The van der Waals surface area contributed by atoms with Gasteiger partial charge in [-0.15, -0.1) is 24.0 Å². The van der Waals surface area contributed by atoms with Crippen LogP contribution >= 0.6 is 24.0 Å². The van der Waals surface area contributed by atoms with E-state index in [9.17, 15) is 8.78 Å². The smallest absolute Gasteiger partial charge is 0.251 e. The van der Waals surface area contributed by atoms with Crippen molar-refractivity contribution in [3.63, 3.8) is 0 Å². The van der Waals surface area contributed by atoms with Gasteiger partial charge in [0.2, 0.25) is 0 Å². The fraction of sp³-hybridized carbons (Fsp3) is 0.667. The monoisotopic (exact) mass is 524 g/mol. The Hall–Kier alpha value is -1.16. The number of guanidine groups is 1. The van der Waals surface area contributed by atoms with E-state index < -0.39 is 6.43 Å². The zero-order valence-electron chi connectivity index (χ0n) is 17.9. The topological polar surface area (TPSA) is 48.9 Å². The van der Waals surface area contributed by atoms with Gasteiger partial charge >= 0.3 is 0 Å². The zero-order valence-corrected chi connectivity index (χ0v) is 20.2. The number of hydrogen-bond donors (Lipinski definition) is 2. The maximum Gasteiger partial charge on any atom is 0.251 e. The predicted octanol–water partition coefficient (Wildman–Crippen LogP) is 4.27. The van der Waals surface area contributed by atoms with Gasteiger partial charge in [-0.2, -0.15) is 0 Å². The SMILES string of the molecule is CCNC(=NCc1ccccc1OC(C)(C)C)NC1CCN(CC(F)F)CC1.I. The lowest BCUT2D eigenvalue weighted by atomic mass is 10.1. The van der Waals surface area contributed by atoms with Crippen LogP contribution in [0.4, 0.5) is 8.78 Å². The van der Waals surface area contributed by atoms with Crippen LogP contribution in [0.1, 0.15) is 46.1 Å². The van der Waals surface area contributed by atoms with E-state index in [1.165, 1.54) is 0 Å². The first-order valence-electron chi connectivity index (χ1n) is 10.1. The number of likely N-dealkylation sites (tertiary alicyclic amines) is 1. The molecule has 1 fully saturated rings. The standard InChI is InChI=1S/C21H34F2N4O.HI/c1-5-24-20(26-17-10-12-27(13-11-17)15-19(22)23)25-14-16-8-6-7-9-18(16)28-21(2,3)4;/h6-9,17,19H,5,10-15H2,1-4H3,(H2,24,25,26);1H. The second-order valence-corrected chi connectivity index (χ2v) is 8.13. The van der Waals surface area contributed by atoms with Crippen LogP contribution in [-0.4, -0.2) is 55.1 Å². The van der Waals surface area contributed by atoms with Gasteiger partial charge in [0.25, 0.3) is 6.43 Å². The zero-order chi connectivity index (χ0) is 20.6. The van der Waals surface area contributed by atoms with Crippen molar-refractivity contribution in [2.24, 2.45) is 4.99 Å². The highest BCUT2D eigenvalue weighted by atomic mass is 127. The Morgan fingerprint density at radius 2 is 1.90 bits per heavy atom. The lowest BCUT2D eigenvalue weighted by Gasteiger charge is -2.32. The summed E-state index contributed by atoms with van der Waals surface area (Å²) in [4.78, 5) is 6.54. The van der Waals surface area contributed by atoms with E-state index in [0.29, 0.717) is 19.6 Å². The number of halogens is 3. The molecule has 1 aromatic rings. The highest BCUT2D eigenvalue weighted by molar-refractivity contribution is 14.0. The average Bonchev–Trinajstić information content (AvgIpc) is 2.61. The van der Waals surface area contributed by atoms with Crippen LogP contribution in [0.25, 0.3) is 0 Å². The molecule has 2 rings (SSSR count). The van der Waals surface area contributed by atoms with Gasteiger partial charge in [-0.05, 0) is 46.6 Å². The average molecular weight is 524 g/mol. The first-order valence-corrected chi connectivity index (χ1v) is 10.1. The van der Waals surface area contributed by atoms with Gasteiger partial charge in [-0.1, -0.05) is 18.2 Å². The summed E-state index contributed by atoms with van der Waals surface area (Å²) in [6, 6.07) is 8.18. The van der Waals surface area contributed by atoms with Crippen molar-refractivity contribution in [2.45, 2.75) is 65.1 Å². The quantitative estimate of drug-likeness (QED) is 0.318. The summed E-state index contributed by atoms with van der Waals surface area (Å²) in [5.41, 5.74) is 0.760. The number of piperidine rings is 1. The van der Waals surface area contributed by atoms with E-state index in [1.54, 1.807) is 0 Å². The number of nitrogens with one attached hydrogen (secondary N) is 2. The molecule has 0 aliphatic carbocycles. The number of para-hydroxylation sites is 1. The summed E-state index contributed by atoms with van der Waals surface area (Å²) in [6.45, 7) is 10.6. The number of rotatable bonds is 7. The lowest BCUT2D eigenvalue weighted by Crippen LogP contribution is -2.49. The third kappa shape index (κ3) is 9.93. The molecule has 29 heavy (non-hydrogen) atoms. The molecule has 0 atom stereocenters. The molecule has 0 unspecified atom stereocenters. The van der Waals surface area contributed by atoms with Gasteiger partial charge in [0.1, 0.15) is 11.4 Å². The molecule has 1 aliphatic heterocycles. The maximum absolute atomic E-state index is 12.5. The lowest BCUT2D eigenvalue weighted by molar-refractivity contribution is 0.0744. The summed E-state index contributed by atoms with van der Waals surface area (Å²) >= 11 is 0. The van der Waals surface area contributed by atoms with E-state index in [1.807, 2.05) is 56.9 Å². The summed E-state index contributed by atoms with van der Waals surface area (Å²) in [5.74, 6) is 1.59. The fourth-order valence-electron chi connectivity index (χ4n) is 3.20. The van der Waals surface area contributed by atoms with Crippen molar-refractivity contribution < 1.29 is 13.5 Å². The molecule has 0 saturated carbocycles. The molecule has 2 N–H and O–H groups in total. The number of benzene rings is 1. The van der Waals surface area contributed by atoms with E-state index in [-0.39, 0.29) is 42.2 Å². The Labute approximate surface area is 190 Å². The molecule has 1 aromatic carbocycles. The molecule has 1 saturated heterocycles. The predicted molar refractivity (Wildman–Crippen MR) is 126 cm³/mol. The Balaban J connectivity index is 0.00000420. The minimum Gasteiger partial charge on any atom is -0.488 e. The van der Waals surface area contributed by atoms with Gasteiger partial charge in [-0.3, -0.25) is 4.90 Å². The summed E-state index contributed by atoms with van der Waals surface area (Å²) in [5, 5.41) is 6.73. The van der Waals surface area contributed by atoms with Crippen LogP contribution in [0.2, 0.25) is 0 Å². The Bertz CT molecular complexity index is 629. The molecule has 0 spiro atoms. The van der Waals surface area contributed by atoms with Crippen molar-refractivity contribution in [2.75, 3.05) is 26.2 Å². The van der Waals surface area contributed by atoms with Crippen LogP contribution in [0.3, 0.4) is 0 Å². The largest absolute Gasteiger partial charge is 0.488 e. The maximum atomic E-state index is 12.5. The second kappa shape index (κ2) is 12.5. The van der Waals surface area contributed by atoms with Crippen molar-refractivity contribution >= 4 is 29.9 Å². The minimum atomic E-state index is -2.27. The van der Waals surface area contributed by atoms with Crippen LogP contribution in [0, 0.1) is 0 Å². The first-order chi connectivity index (χ1) is 13.3. The van der Waals surface area contributed by atoms with Crippen LogP contribution in [-0.2, 0) is 6.54 Å². The van der Waals surface area contributed by atoms with E-state index >= 15 is 0 Å². The van der Waals surface area contributed by atoms with Crippen LogP contribution in [0.15, 0.2) is 29.3 Å². The normalized spacial score (nSPS) is 16.4. The number of ether oxygens (including phenoxy) is 1. The highest BCUT2D eigenvalue weighted by Gasteiger charge is 2.22. The van der Waals surface area contributed by atoms with Gasteiger partial charge < -0.3 is 15.4 Å². The van der Waals surface area contributed by atoms with E-state index in [4.69, 9.17) is 9.73 Å².